The Morgan fingerprint density at radius 1 is 1.20 bits per heavy atom. The molecule has 0 saturated carbocycles. The van der Waals surface area contributed by atoms with E-state index in [-0.39, 0.29) is 0 Å². The van der Waals surface area contributed by atoms with Crippen LogP contribution in [0.25, 0.3) is 17.0 Å². The number of ether oxygens (including phenoxy) is 1. The average molecular weight is 380 g/mol. The number of anilines is 1. The molecule has 2 aromatic heterocycles. The highest BCUT2D eigenvalue weighted by molar-refractivity contribution is 6.35. The van der Waals surface area contributed by atoms with E-state index >= 15 is 0 Å². The predicted molar refractivity (Wildman–Crippen MR) is 94.7 cm³/mol. The molecule has 0 radical (unpaired) electrons. The molecule has 0 amide bonds. The number of hydrogen-bond donors (Lipinski definition) is 1. The lowest BCUT2D eigenvalue weighted by Gasteiger charge is -2.10. The maximum atomic E-state index is 6.08. The zero-order valence-corrected chi connectivity index (χ0v) is 14.7. The minimum atomic E-state index is 0.412. The first-order valence-electron chi connectivity index (χ1n) is 7.83. The third-order valence-electron chi connectivity index (χ3n) is 3.90. The second kappa shape index (κ2) is 7.13. The first kappa shape index (κ1) is 16.5. The summed E-state index contributed by atoms with van der Waals surface area (Å²) in [5.74, 6) is 1.52. The van der Waals surface area contributed by atoms with Gasteiger partial charge in [-0.15, -0.1) is 15.3 Å². The standard InChI is InChI=1S/C16H15Cl2N5O2/c17-12-5-11(6-13(18)7-12)16-20-19-15-2-1-14(21-23(15)16)22-25-9-10-3-4-24-8-10/h1-2,5-7,10H,3-4,8-9H2,(H,21,22). The van der Waals surface area contributed by atoms with Gasteiger partial charge in [-0.3, -0.25) is 4.84 Å². The van der Waals surface area contributed by atoms with Gasteiger partial charge in [-0.1, -0.05) is 23.2 Å². The number of hydrogen-bond acceptors (Lipinski definition) is 6. The van der Waals surface area contributed by atoms with E-state index in [2.05, 4.69) is 20.8 Å². The van der Waals surface area contributed by atoms with Crippen LogP contribution >= 0.6 is 23.2 Å². The first-order valence-corrected chi connectivity index (χ1v) is 8.59. The molecule has 1 aromatic carbocycles. The molecule has 1 N–H and O–H groups in total. The van der Waals surface area contributed by atoms with Gasteiger partial charge in [0, 0.05) is 28.1 Å². The van der Waals surface area contributed by atoms with Gasteiger partial charge >= 0.3 is 0 Å². The molecule has 1 aliphatic heterocycles. The Hall–Kier alpha value is -1.93. The molecule has 130 valence electrons. The Balaban J connectivity index is 1.56. The lowest BCUT2D eigenvalue weighted by molar-refractivity contribution is 0.126. The van der Waals surface area contributed by atoms with Gasteiger partial charge in [-0.25, -0.2) is 5.48 Å². The van der Waals surface area contributed by atoms with Gasteiger partial charge in [-0.05, 0) is 36.8 Å². The molecule has 1 aliphatic rings. The molecular formula is C16H15Cl2N5O2. The van der Waals surface area contributed by atoms with Crippen molar-refractivity contribution in [3.63, 3.8) is 0 Å². The number of nitrogens with one attached hydrogen (secondary N) is 1. The van der Waals surface area contributed by atoms with E-state index in [1.165, 1.54) is 0 Å². The molecule has 0 spiro atoms. The van der Waals surface area contributed by atoms with Crippen molar-refractivity contribution in [2.45, 2.75) is 6.42 Å². The second-order valence-corrected chi connectivity index (χ2v) is 6.69. The zero-order chi connectivity index (χ0) is 17.2. The van der Waals surface area contributed by atoms with Crippen LogP contribution in [0.3, 0.4) is 0 Å². The summed E-state index contributed by atoms with van der Waals surface area (Å²) >= 11 is 12.2. The number of benzene rings is 1. The summed E-state index contributed by atoms with van der Waals surface area (Å²) in [5.41, 5.74) is 4.21. The Morgan fingerprint density at radius 3 is 2.80 bits per heavy atom. The summed E-state index contributed by atoms with van der Waals surface area (Å²) in [7, 11) is 0. The zero-order valence-electron chi connectivity index (χ0n) is 13.2. The summed E-state index contributed by atoms with van der Waals surface area (Å²) < 4.78 is 6.94. The number of halogens is 2. The Kier molecular flexibility index (Phi) is 4.72. The number of nitrogens with zero attached hydrogens (tertiary/aromatic N) is 4. The van der Waals surface area contributed by atoms with Crippen molar-refractivity contribution in [2.75, 3.05) is 25.3 Å². The van der Waals surface area contributed by atoms with Crippen molar-refractivity contribution in [2.24, 2.45) is 5.92 Å². The molecule has 4 rings (SSSR count). The van der Waals surface area contributed by atoms with Gasteiger partial charge in [0.2, 0.25) is 0 Å². The molecule has 1 fully saturated rings. The highest BCUT2D eigenvalue weighted by Crippen LogP contribution is 2.26. The Labute approximate surface area is 153 Å². The van der Waals surface area contributed by atoms with Crippen molar-refractivity contribution in [3.8, 4) is 11.4 Å². The van der Waals surface area contributed by atoms with Gasteiger partial charge < -0.3 is 4.74 Å². The topological polar surface area (TPSA) is 73.6 Å². The van der Waals surface area contributed by atoms with Crippen LogP contribution in [-0.2, 0) is 9.57 Å². The maximum Gasteiger partial charge on any atom is 0.185 e. The minimum Gasteiger partial charge on any atom is -0.381 e. The van der Waals surface area contributed by atoms with Gasteiger partial charge in [0.15, 0.2) is 17.3 Å². The van der Waals surface area contributed by atoms with E-state index in [4.69, 9.17) is 32.8 Å². The van der Waals surface area contributed by atoms with Gasteiger partial charge in [0.25, 0.3) is 0 Å². The molecule has 7 nitrogen and oxygen atoms in total. The second-order valence-electron chi connectivity index (χ2n) is 5.81. The smallest absolute Gasteiger partial charge is 0.185 e. The third-order valence-corrected chi connectivity index (χ3v) is 4.34. The molecule has 1 atom stereocenters. The van der Waals surface area contributed by atoms with E-state index in [0.717, 1.165) is 25.2 Å². The minimum absolute atomic E-state index is 0.412. The van der Waals surface area contributed by atoms with Gasteiger partial charge in [0.1, 0.15) is 0 Å². The molecule has 0 bridgehead atoms. The van der Waals surface area contributed by atoms with E-state index < -0.39 is 0 Å². The summed E-state index contributed by atoms with van der Waals surface area (Å²) in [6.07, 6.45) is 1.01. The van der Waals surface area contributed by atoms with Crippen molar-refractivity contribution >= 4 is 34.7 Å². The van der Waals surface area contributed by atoms with Crippen LogP contribution in [0.2, 0.25) is 10.0 Å². The molecule has 25 heavy (non-hydrogen) atoms. The average Bonchev–Trinajstić information content (AvgIpc) is 3.23. The highest BCUT2D eigenvalue weighted by Gasteiger charge is 2.16. The molecule has 1 saturated heterocycles. The third kappa shape index (κ3) is 3.69. The molecule has 3 heterocycles. The molecule has 1 unspecified atom stereocenters. The van der Waals surface area contributed by atoms with Crippen molar-refractivity contribution in [1.29, 1.82) is 0 Å². The lowest BCUT2D eigenvalue weighted by Crippen LogP contribution is -2.14. The van der Waals surface area contributed by atoms with Crippen molar-refractivity contribution in [1.82, 2.24) is 19.8 Å². The monoisotopic (exact) mass is 379 g/mol. The highest BCUT2D eigenvalue weighted by atomic mass is 35.5. The molecule has 9 heteroatoms. The lowest BCUT2D eigenvalue weighted by atomic mass is 10.1. The first-order chi connectivity index (χ1) is 12.2. The van der Waals surface area contributed by atoms with Crippen LogP contribution in [0.1, 0.15) is 6.42 Å². The van der Waals surface area contributed by atoms with Gasteiger partial charge in [0.05, 0.1) is 13.2 Å². The fourth-order valence-corrected chi connectivity index (χ4v) is 3.18. The van der Waals surface area contributed by atoms with Crippen LogP contribution in [-0.4, -0.2) is 39.6 Å². The van der Waals surface area contributed by atoms with Crippen molar-refractivity contribution in [3.05, 3.63) is 40.4 Å². The predicted octanol–water partition coefficient (Wildman–Crippen LogP) is 3.48. The number of fused-ring (bicyclic) bond motifs is 1. The number of rotatable bonds is 5. The van der Waals surface area contributed by atoms with Crippen LogP contribution in [0.15, 0.2) is 30.3 Å². The van der Waals surface area contributed by atoms with Crippen LogP contribution in [0.5, 0.6) is 0 Å². The molecule has 0 aliphatic carbocycles. The quantitative estimate of drug-likeness (QED) is 0.684. The van der Waals surface area contributed by atoms with Crippen LogP contribution in [0.4, 0.5) is 5.82 Å². The summed E-state index contributed by atoms with van der Waals surface area (Å²) in [6, 6.07) is 8.78. The van der Waals surface area contributed by atoms with E-state index in [9.17, 15) is 0 Å². The Morgan fingerprint density at radius 2 is 2.04 bits per heavy atom. The SMILES string of the molecule is Clc1cc(Cl)cc(-c2nnc3ccc(NOCC4CCOC4)nn23)c1. The Bertz CT molecular complexity index is 875. The largest absolute Gasteiger partial charge is 0.381 e. The van der Waals surface area contributed by atoms with Crippen LogP contribution in [0, 0.1) is 5.92 Å². The van der Waals surface area contributed by atoms with Crippen molar-refractivity contribution < 1.29 is 9.57 Å². The summed E-state index contributed by atoms with van der Waals surface area (Å²) in [5, 5.41) is 13.8. The molecular weight excluding hydrogens is 365 g/mol. The van der Waals surface area contributed by atoms with E-state index in [0.29, 0.717) is 39.9 Å². The summed E-state index contributed by atoms with van der Waals surface area (Å²) in [6.45, 7) is 2.10. The normalized spacial score (nSPS) is 17.3. The maximum absolute atomic E-state index is 6.08. The number of aromatic nitrogens is 4. The van der Waals surface area contributed by atoms with Crippen LogP contribution < -0.4 is 5.48 Å². The fourth-order valence-electron chi connectivity index (χ4n) is 2.65. The van der Waals surface area contributed by atoms with Gasteiger partial charge in [-0.2, -0.15) is 4.52 Å². The molecule has 3 aromatic rings. The summed E-state index contributed by atoms with van der Waals surface area (Å²) in [4.78, 5) is 5.52. The van der Waals surface area contributed by atoms with E-state index in [1.807, 2.05) is 0 Å². The van der Waals surface area contributed by atoms with E-state index in [1.54, 1.807) is 34.8 Å². The fraction of sp³-hybridized carbons (Fsp3) is 0.312.